The molecule has 2 heterocycles. The zero-order chi connectivity index (χ0) is 11.2. The number of aromatic nitrogens is 2. The molecule has 0 aliphatic carbocycles. The Morgan fingerprint density at radius 2 is 2.38 bits per heavy atom. The molecular formula is C11H19N3O2. The summed E-state index contributed by atoms with van der Waals surface area (Å²) in [5, 5.41) is 12.8. The van der Waals surface area contributed by atoms with Crippen LogP contribution in [-0.4, -0.2) is 46.6 Å². The quantitative estimate of drug-likeness (QED) is 0.670. The lowest BCUT2D eigenvalue weighted by atomic mass is 10.2. The smallest absolute Gasteiger partial charge is 0.0948 e. The molecule has 0 saturated carbocycles. The van der Waals surface area contributed by atoms with Crippen LogP contribution in [0, 0.1) is 0 Å². The summed E-state index contributed by atoms with van der Waals surface area (Å²) in [6.45, 7) is 3.03. The molecule has 1 saturated heterocycles. The van der Waals surface area contributed by atoms with Crippen molar-refractivity contribution < 1.29 is 9.84 Å². The molecule has 0 bridgehead atoms. The zero-order valence-electron chi connectivity index (χ0n) is 9.38. The topological polar surface area (TPSA) is 59.3 Å². The Hall–Kier alpha value is -0.910. The summed E-state index contributed by atoms with van der Waals surface area (Å²) in [5.41, 5.74) is 0. The molecule has 2 unspecified atom stereocenters. The number of nitrogens with zero attached hydrogens (tertiary/aromatic N) is 2. The highest BCUT2D eigenvalue weighted by atomic mass is 16.5. The summed E-state index contributed by atoms with van der Waals surface area (Å²) < 4.78 is 7.24. The van der Waals surface area contributed by atoms with Gasteiger partial charge < -0.3 is 19.7 Å². The number of hydrogen-bond acceptors (Lipinski definition) is 4. The van der Waals surface area contributed by atoms with Crippen molar-refractivity contribution in [3.8, 4) is 0 Å². The van der Waals surface area contributed by atoms with Gasteiger partial charge in [-0.3, -0.25) is 0 Å². The van der Waals surface area contributed by atoms with Crippen LogP contribution in [0.3, 0.4) is 0 Å². The minimum Gasteiger partial charge on any atom is -0.389 e. The van der Waals surface area contributed by atoms with Gasteiger partial charge >= 0.3 is 0 Å². The number of imidazole rings is 1. The Labute approximate surface area is 95.4 Å². The number of rotatable bonds is 6. The number of aryl methyl sites for hydroxylation is 1. The number of aliphatic hydroxyl groups excluding tert-OH is 1. The van der Waals surface area contributed by atoms with Crippen LogP contribution >= 0.6 is 0 Å². The third-order valence-electron chi connectivity index (χ3n) is 2.86. The first kappa shape index (κ1) is 11.6. The third kappa shape index (κ3) is 3.30. The minimum atomic E-state index is -0.339. The van der Waals surface area contributed by atoms with Crippen molar-refractivity contribution in [1.82, 2.24) is 14.9 Å². The minimum absolute atomic E-state index is 0.119. The summed E-state index contributed by atoms with van der Waals surface area (Å²) in [4.78, 5) is 3.99. The number of unbranched alkanes of at least 4 members (excludes halogenated alkanes) is 1. The van der Waals surface area contributed by atoms with E-state index in [1.54, 1.807) is 6.20 Å². The molecule has 1 aromatic heterocycles. The van der Waals surface area contributed by atoms with Crippen LogP contribution in [0.2, 0.25) is 0 Å². The van der Waals surface area contributed by atoms with E-state index in [9.17, 15) is 5.11 Å². The van der Waals surface area contributed by atoms with Gasteiger partial charge in [-0.05, 0) is 19.4 Å². The maximum atomic E-state index is 9.50. The average molecular weight is 225 g/mol. The van der Waals surface area contributed by atoms with Gasteiger partial charge in [0.2, 0.25) is 0 Å². The Bertz CT molecular complexity index is 289. The highest BCUT2D eigenvalue weighted by Crippen LogP contribution is 2.05. The zero-order valence-corrected chi connectivity index (χ0v) is 9.38. The maximum Gasteiger partial charge on any atom is 0.0948 e. The second-order valence-electron chi connectivity index (χ2n) is 4.17. The molecule has 90 valence electrons. The molecule has 5 heteroatoms. The van der Waals surface area contributed by atoms with Gasteiger partial charge in [0.25, 0.3) is 0 Å². The molecule has 5 nitrogen and oxygen atoms in total. The second-order valence-corrected chi connectivity index (χ2v) is 4.17. The van der Waals surface area contributed by atoms with Gasteiger partial charge in [0.15, 0.2) is 0 Å². The summed E-state index contributed by atoms with van der Waals surface area (Å²) in [7, 11) is 0. The van der Waals surface area contributed by atoms with Crippen molar-refractivity contribution in [2.45, 2.75) is 31.5 Å². The summed E-state index contributed by atoms with van der Waals surface area (Å²) >= 11 is 0. The molecule has 1 aliphatic heterocycles. The predicted molar refractivity (Wildman–Crippen MR) is 60.1 cm³/mol. The molecule has 2 atom stereocenters. The molecule has 1 aliphatic rings. The van der Waals surface area contributed by atoms with Crippen LogP contribution in [0.4, 0.5) is 0 Å². The van der Waals surface area contributed by atoms with Gasteiger partial charge in [-0.25, -0.2) is 4.98 Å². The number of hydrogen-bond donors (Lipinski definition) is 2. The van der Waals surface area contributed by atoms with E-state index in [1.165, 1.54) is 0 Å². The van der Waals surface area contributed by atoms with Gasteiger partial charge in [-0.2, -0.15) is 0 Å². The largest absolute Gasteiger partial charge is 0.389 e. The lowest BCUT2D eigenvalue weighted by molar-refractivity contribution is 0.122. The lowest BCUT2D eigenvalue weighted by Crippen LogP contribution is -2.39. The van der Waals surface area contributed by atoms with E-state index in [1.807, 2.05) is 12.5 Å². The Morgan fingerprint density at radius 1 is 1.44 bits per heavy atom. The van der Waals surface area contributed by atoms with Crippen molar-refractivity contribution in [2.24, 2.45) is 0 Å². The Morgan fingerprint density at radius 3 is 3.06 bits per heavy atom. The van der Waals surface area contributed by atoms with Gasteiger partial charge in [-0.15, -0.1) is 0 Å². The van der Waals surface area contributed by atoms with Crippen LogP contribution in [0.5, 0.6) is 0 Å². The SMILES string of the molecule is OC1COCC1NCCCCn1ccnc1. The molecule has 0 radical (unpaired) electrons. The Balaban J connectivity index is 1.52. The van der Waals surface area contributed by atoms with Gasteiger partial charge in [0.05, 0.1) is 31.7 Å². The average Bonchev–Trinajstić information content (AvgIpc) is 2.90. The highest BCUT2D eigenvalue weighted by Gasteiger charge is 2.24. The third-order valence-corrected chi connectivity index (χ3v) is 2.86. The fourth-order valence-electron chi connectivity index (χ4n) is 1.86. The van der Waals surface area contributed by atoms with E-state index in [0.717, 1.165) is 25.9 Å². The molecule has 1 fully saturated rings. The first-order valence-electron chi connectivity index (χ1n) is 5.81. The molecule has 2 rings (SSSR count). The maximum absolute atomic E-state index is 9.50. The summed E-state index contributed by atoms with van der Waals surface area (Å²) in [6, 6.07) is 0.119. The number of aliphatic hydroxyl groups is 1. The molecular weight excluding hydrogens is 206 g/mol. The predicted octanol–water partition coefficient (Wildman–Crippen LogP) is 0.0126. The molecule has 16 heavy (non-hydrogen) atoms. The molecule has 1 aromatic rings. The van der Waals surface area contributed by atoms with Crippen molar-refractivity contribution >= 4 is 0 Å². The standard InChI is InChI=1S/C11H19N3O2/c15-11-8-16-7-10(11)13-3-1-2-5-14-6-4-12-9-14/h4,6,9-11,13,15H,1-3,5,7-8H2. The summed E-state index contributed by atoms with van der Waals surface area (Å²) in [6.07, 6.45) is 7.48. The first-order valence-corrected chi connectivity index (χ1v) is 5.81. The fourth-order valence-corrected chi connectivity index (χ4v) is 1.86. The molecule has 0 spiro atoms. The van der Waals surface area contributed by atoms with E-state index < -0.39 is 0 Å². The van der Waals surface area contributed by atoms with Crippen LogP contribution in [0.15, 0.2) is 18.7 Å². The van der Waals surface area contributed by atoms with Gasteiger partial charge in [0.1, 0.15) is 0 Å². The van der Waals surface area contributed by atoms with Crippen molar-refractivity contribution in [3.63, 3.8) is 0 Å². The highest BCUT2D eigenvalue weighted by molar-refractivity contribution is 4.80. The van der Waals surface area contributed by atoms with Crippen molar-refractivity contribution in [3.05, 3.63) is 18.7 Å². The second kappa shape index (κ2) is 5.98. The monoisotopic (exact) mass is 225 g/mol. The molecule has 0 amide bonds. The van der Waals surface area contributed by atoms with E-state index >= 15 is 0 Å². The van der Waals surface area contributed by atoms with Crippen molar-refractivity contribution in [1.29, 1.82) is 0 Å². The number of ether oxygens (including phenoxy) is 1. The summed E-state index contributed by atoms with van der Waals surface area (Å²) in [5.74, 6) is 0. The molecule has 2 N–H and O–H groups in total. The van der Waals surface area contributed by atoms with E-state index in [-0.39, 0.29) is 12.1 Å². The number of nitrogens with one attached hydrogen (secondary N) is 1. The normalized spacial score (nSPS) is 25.1. The Kier molecular flexibility index (Phi) is 4.33. The first-order chi connectivity index (χ1) is 7.86. The fraction of sp³-hybridized carbons (Fsp3) is 0.727. The van der Waals surface area contributed by atoms with Crippen LogP contribution in [0.25, 0.3) is 0 Å². The van der Waals surface area contributed by atoms with E-state index in [2.05, 4.69) is 14.9 Å². The van der Waals surface area contributed by atoms with Crippen LogP contribution in [-0.2, 0) is 11.3 Å². The van der Waals surface area contributed by atoms with Crippen molar-refractivity contribution in [2.75, 3.05) is 19.8 Å². The van der Waals surface area contributed by atoms with Gasteiger partial charge in [0, 0.05) is 18.9 Å². The van der Waals surface area contributed by atoms with E-state index in [4.69, 9.17) is 4.74 Å². The van der Waals surface area contributed by atoms with E-state index in [0.29, 0.717) is 13.2 Å². The van der Waals surface area contributed by atoms with Gasteiger partial charge in [-0.1, -0.05) is 0 Å². The van der Waals surface area contributed by atoms with Crippen LogP contribution < -0.4 is 5.32 Å². The molecule has 0 aromatic carbocycles. The lowest BCUT2D eigenvalue weighted by Gasteiger charge is -2.14. The van der Waals surface area contributed by atoms with Crippen LogP contribution in [0.1, 0.15) is 12.8 Å².